The first-order valence-corrected chi connectivity index (χ1v) is 8.71. The Hall–Kier alpha value is -2.20. The Balaban J connectivity index is 1.95. The molecule has 0 spiro atoms. The van der Waals surface area contributed by atoms with Gasteiger partial charge in [0.25, 0.3) is 5.56 Å². The van der Waals surface area contributed by atoms with E-state index in [4.69, 9.17) is 11.6 Å². The first kappa shape index (κ1) is 18.6. The van der Waals surface area contributed by atoms with Crippen molar-refractivity contribution in [1.29, 1.82) is 0 Å². The van der Waals surface area contributed by atoms with E-state index in [2.05, 4.69) is 9.97 Å². The van der Waals surface area contributed by atoms with E-state index in [1.165, 1.54) is 17.4 Å². The van der Waals surface area contributed by atoms with E-state index in [-0.39, 0.29) is 24.4 Å². The van der Waals surface area contributed by atoms with Crippen LogP contribution in [0.3, 0.4) is 0 Å². The first-order chi connectivity index (χ1) is 12.2. The van der Waals surface area contributed by atoms with E-state index in [1.54, 1.807) is 23.0 Å². The molecule has 0 bridgehead atoms. The number of hydrogen-bond acceptors (Lipinski definition) is 5. The molecule has 0 fully saturated rings. The summed E-state index contributed by atoms with van der Waals surface area (Å²) in [5.74, 6) is 0.166. The van der Waals surface area contributed by atoms with Crippen LogP contribution in [0.1, 0.15) is 17.7 Å². The number of fused-ring (bicyclic) bond motifs is 1. The van der Waals surface area contributed by atoms with Crippen LogP contribution in [0.4, 0.5) is 13.2 Å². The normalized spacial score (nSPS) is 12.0. The Kier molecular flexibility index (Phi) is 5.15. The van der Waals surface area contributed by atoms with Gasteiger partial charge in [-0.1, -0.05) is 11.6 Å². The van der Waals surface area contributed by atoms with Crippen molar-refractivity contribution in [3.05, 3.63) is 54.7 Å². The van der Waals surface area contributed by atoms with E-state index in [9.17, 15) is 22.8 Å². The highest BCUT2D eigenvalue weighted by Crippen LogP contribution is 2.22. The lowest BCUT2D eigenvalue weighted by Gasteiger charge is -2.14. The zero-order valence-corrected chi connectivity index (χ0v) is 14.7. The van der Waals surface area contributed by atoms with Crippen molar-refractivity contribution in [2.24, 2.45) is 0 Å². The van der Waals surface area contributed by atoms with E-state index >= 15 is 0 Å². The molecule has 3 heterocycles. The quantitative estimate of drug-likeness (QED) is 0.655. The van der Waals surface area contributed by atoms with Gasteiger partial charge in [0.1, 0.15) is 0 Å². The highest BCUT2D eigenvalue weighted by Gasteiger charge is 2.26. The molecule has 11 heteroatoms. The standard InChI is InChI=1S/C15H12ClF3N4O2S/c16-13-20-7-9(26-13)8-22-5-1-3-10-11(22)21-14(25)23(12(10)24)6-2-4-15(17,18)19/h1,3,5,7H,2,4,6,8H2. The molecule has 3 rings (SSSR count). The molecule has 2 aliphatic heterocycles. The number of thiazole rings is 1. The summed E-state index contributed by atoms with van der Waals surface area (Å²) >= 11 is 7.05. The van der Waals surface area contributed by atoms with Gasteiger partial charge in [-0.3, -0.25) is 9.36 Å². The smallest absolute Gasteiger partial charge is 0.327 e. The number of nitrogens with zero attached hydrogens (tertiary/aromatic N) is 4. The number of alkyl halides is 3. The summed E-state index contributed by atoms with van der Waals surface area (Å²) in [7, 11) is 0. The molecule has 0 radical (unpaired) electrons. The van der Waals surface area contributed by atoms with Gasteiger partial charge in [-0.2, -0.15) is 18.2 Å². The van der Waals surface area contributed by atoms with Crippen LogP contribution in [0, 0.1) is 0 Å². The number of pyridine rings is 1. The van der Waals surface area contributed by atoms with Crippen molar-refractivity contribution in [3.8, 4) is 11.4 Å². The average Bonchev–Trinajstić information content (AvgIpc) is 2.95. The van der Waals surface area contributed by atoms with Crippen LogP contribution in [-0.4, -0.2) is 25.3 Å². The maximum Gasteiger partial charge on any atom is 0.389 e. The van der Waals surface area contributed by atoms with Gasteiger partial charge in [0.2, 0.25) is 0 Å². The predicted molar refractivity (Wildman–Crippen MR) is 90.9 cm³/mol. The van der Waals surface area contributed by atoms with Crippen molar-refractivity contribution >= 4 is 22.9 Å². The minimum absolute atomic E-state index is 0.162. The zero-order valence-electron chi connectivity index (χ0n) is 13.2. The van der Waals surface area contributed by atoms with Crippen molar-refractivity contribution in [3.63, 3.8) is 0 Å². The van der Waals surface area contributed by atoms with Crippen LogP contribution < -0.4 is 11.2 Å². The Morgan fingerprint density at radius 2 is 2.04 bits per heavy atom. The van der Waals surface area contributed by atoms with E-state index in [0.29, 0.717) is 11.0 Å². The number of aromatic nitrogens is 4. The van der Waals surface area contributed by atoms with Gasteiger partial charge >= 0.3 is 11.9 Å². The molecular formula is C15H12ClF3N4O2S. The fourth-order valence-corrected chi connectivity index (χ4v) is 3.48. The largest absolute Gasteiger partial charge is 0.389 e. The van der Waals surface area contributed by atoms with E-state index < -0.39 is 23.8 Å². The summed E-state index contributed by atoms with van der Waals surface area (Å²) in [6.45, 7) is -0.0227. The molecule has 0 unspecified atom stereocenters. The van der Waals surface area contributed by atoms with Crippen LogP contribution in [0.15, 0.2) is 34.1 Å². The molecule has 26 heavy (non-hydrogen) atoms. The minimum Gasteiger partial charge on any atom is -0.327 e. The first-order valence-electron chi connectivity index (χ1n) is 7.51. The second kappa shape index (κ2) is 7.20. The van der Waals surface area contributed by atoms with Crippen molar-refractivity contribution in [2.45, 2.75) is 32.1 Å². The third kappa shape index (κ3) is 4.13. The van der Waals surface area contributed by atoms with Gasteiger partial charge in [-0.25, -0.2) is 9.78 Å². The van der Waals surface area contributed by atoms with E-state index in [0.717, 1.165) is 9.44 Å². The van der Waals surface area contributed by atoms with Crippen molar-refractivity contribution in [1.82, 2.24) is 19.1 Å². The second-order valence-electron chi connectivity index (χ2n) is 5.52. The molecule has 0 amide bonds. The fourth-order valence-electron chi connectivity index (χ4n) is 2.50. The average molecular weight is 405 g/mol. The van der Waals surface area contributed by atoms with Gasteiger partial charge in [0, 0.05) is 30.2 Å². The molecule has 0 aliphatic carbocycles. The third-order valence-corrected chi connectivity index (χ3v) is 4.74. The third-order valence-electron chi connectivity index (χ3n) is 3.64. The van der Waals surface area contributed by atoms with Crippen LogP contribution in [0.2, 0.25) is 4.47 Å². The fraction of sp³-hybridized carbons (Fsp3) is 0.333. The van der Waals surface area contributed by atoms with Crippen molar-refractivity contribution < 1.29 is 13.2 Å². The monoisotopic (exact) mass is 404 g/mol. The van der Waals surface area contributed by atoms with Crippen LogP contribution in [0.25, 0.3) is 11.4 Å². The summed E-state index contributed by atoms with van der Waals surface area (Å²) in [6, 6.07) is 3.10. The van der Waals surface area contributed by atoms with Gasteiger partial charge in [-0.05, 0) is 18.6 Å². The van der Waals surface area contributed by atoms with E-state index in [1.807, 2.05) is 0 Å². The molecule has 0 N–H and O–H groups in total. The Labute approximate surface area is 153 Å². The molecule has 0 aromatic carbocycles. The van der Waals surface area contributed by atoms with Crippen LogP contribution in [-0.2, 0) is 13.1 Å². The molecule has 0 atom stereocenters. The maximum atomic E-state index is 12.5. The van der Waals surface area contributed by atoms with Gasteiger partial charge in [0.15, 0.2) is 10.3 Å². The lowest BCUT2D eigenvalue weighted by molar-refractivity contribution is -0.135. The Bertz CT molecular complexity index is 1010. The highest BCUT2D eigenvalue weighted by molar-refractivity contribution is 7.15. The molecule has 1 aromatic heterocycles. The number of halogens is 4. The Morgan fingerprint density at radius 1 is 1.27 bits per heavy atom. The molecule has 6 nitrogen and oxygen atoms in total. The number of hydrogen-bond donors (Lipinski definition) is 0. The topological polar surface area (TPSA) is 69.8 Å². The summed E-state index contributed by atoms with van der Waals surface area (Å²) < 4.78 is 39.5. The molecular weight excluding hydrogens is 393 g/mol. The molecule has 138 valence electrons. The maximum absolute atomic E-state index is 12.5. The van der Waals surface area contributed by atoms with Crippen LogP contribution in [0.5, 0.6) is 0 Å². The number of rotatable bonds is 5. The summed E-state index contributed by atoms with van der Waals surface area (Å²) in [4.78, 5) is 33.3. The molecule has 0 saturated carbocycles. The predicted octanol–water partition coefficient (Wildman–Crippen LogP) is 3.01. The molecule has 0 saturated heterocycles. The Morgan fingerprint density at radius 3 is 2.69 bits per heavy atom. The molecule has 1 aromatic rings. The highest BCUT2D eigenvalue weighted by atomic mass is 35.5. The van der Waals surface area contributed by atoms with Gasteiger partial charge in [-0.15, -0.1) is 11.3 Å². The summed E-state index contributed by atoms with van der Waals surface area (Å²) in [5, 5.41) is 0. The summed E-state index contributed by atoms with van der Waals surface area (Å²) in [6.07, 6.45) is -2.54. The lowest BCUT2D eigenvalue weighted by atomic mass is 10.2. The zero-order chi connectivity index (χ0) is 18.9. The summed E-state index contributed by atoms with van der Waals surface area (Å²) in [5.41, 5.74) is -1.36. The second-order valence-corrected chi connectivity index (χ2v) is 7.22. The minimum atomic E-state index is -4.34. The van der Waals surface area contributed by atoms with Crippen molar-refractivity contribution in [2.75, 3.05) is 0 Å². The van der Waals surface area contributed by atoms with Gasteiger partial charge in [0.05, 0.1) is 12.1 Å². The molecule has 2 aliphatic rings. The SMILES string of the molecule is O=c1nc2n(Cc3cnc(Cl)s3)cccc-2c(=O)n1CCCC(F)(F)F. The lowest BCUT2D eigenvalue weighted by Crippen LogP contribution is -2.38. The van der Waals surface area contributed by atoms with Gasteiger partial charge < -0.3 is 4.57 Å². The van der Waals surface area contributed by atoms with Crippen LogP contribution >= 0.6 is 22.9 Å².